The first-order valence-corrected chi connectivity index (χ1v) is 3.49. The quantitative estimate of drug-likeness (QED) is 0.619. The van der Waals surface area contributed by atoms with Crippen molar-refractivity contribution in [2.75, 3.05) is 0 Å². The first-order chi connectivity index (χ1) is 4.83. The number of hydrogen-bond donors (Lipinski definition) is 1. The first kappa shape index (κ1) is 7.07. The number of nitrogens with one attached hydrogen (secondary N) is 1. The Morgan fingerprint density at radius 2 is 2.40 bits per heavy atom. The fourth-order valence-electron chi connectivity index (χ4n) is 0.697. The molecule has 1 saturated carbocycles. The normalized spacial score (nSPS) is 15.9. The molecule has 54 valence electrons. The number of nitriles is 1. The monoisotopic (exact) mass is 138 g/mol. The van der Waals surface area contributed by atoms with Crippen LogP contribution in [0.15, 0.2) is 0 Å². The first-order valence-electron chi connectivity index (χ1n) is 3.49. The number of nitrogens with zero attached hydrogens (tertiary/aromatic N) is 1. The van der Waals surface area contributed by atoms with E-state index in [9.17, 15) is 4.79 Å². The Hall–Kier alpha value is -1.04. The van der Waals surface area contributed by atoms with Crippen LogP contribution in [-0.4, -0.2) is 11.9 Å². The van der Waals surface area contributed by atoms with Crippen molar-refractivity contribution in [3.05, 3.63) is 0 Å². The van der Waals surface area contributed by atoms with Crippen LogP contribution in [0.25, 0.3) is 0 Å². The molecule has 0 aromatic heterocycles. The van der Waals surface area contributed by atoms with E-state index in [1.165, 1.54) is 0 Å². The summed E-state index contributed by atoms with van der Waals surface area (Å²) in [5.74, 6) is 0.0176. The zero-order chi connectivity index (χ0) is 7.40. The molecule has 1 fully saturated rings. The molecular weight excluding hydrogens is 128 g/mol. The predicted octanol–water partition coefficient (Wildman–Crippen LogP) is 0.569. The fourth-order valence-corrected chi connectivity index (χ4v) is 0.697. The highest BCUT2D eigenvalue weighted by Gasteiger charge is 2.22. The van der Waals surface area contributed by atoms with Crippen molar-refractivity contribution in [3.63, 3.8) is 0 Å². The summed E-state index contributed by atoms with van der Waals surface area (Å²) in [5.41, 5.74) is 0. The minimum Gasteiger partial charge on any atom is -0.353 e. The standard InChI is InChI=1S/C7H10N2O/c8-5-1-2-7(10)9-6-3-4-6/h6H,1-4H2,(H,9,10). The highest BCUT2D eigenvalue weighted by Crippen LogP contribution is 2.18. The summed E-state index contributed by atoms with van der Waals surface area (Å²) < 4.78 is 0. The van der Waals surface area contributed by atoms with E-state index in [1.54, 1.807) is 0 Å². The Morgan fingerprint density at radius 3 is 2.90 bits per heavy atom. The van der Waals surface area contributed by atoms with Gasteiger partial charge in [-0.25, -0.2) is 0 Å². The average Bonchev–Trinajstić information content (AvgIpc) is 2.67. The molecule has 0 aliphatic heterocycles. The van der Waals surface area contributed by atoms with Crippen molar-refractivity contribution in [2.24, 2.45) is 0 Å². The third-order valence-corrected chi connectivity index (χ3v) is 1.41. The smallest absolute Gasteiger partial charge is 0.221 e. The number of rotatable bonds is 3. The minimum absolute atomic E-state index is 0.0176. The summed E-state index contributed by atoms with van der Waals surface area (Å²) in [4.78, 5) is 10.8. The van der Waals surface area contributed by atoms with E-state index in [1.807, 2.05) is 6.07 Å². The van der Waals surface area contributed by atoms with E-state index in [2.05, 4.69) is 5.32 Å². The van der Waals surface area contributed by atoms with Gasteiger partial charge in [0.25, 0.3) is 0 Å². The fraction of sp³-hybridized carbons (Fsp3) is 0.714. The van der Waals surface area contributed by atoms with Gasteiger partial charge in [0.2, 0.25) is 5.91 Å². The summed E-state index contributed by atoms with van der Waals surface area (Å²) in [6.07, 6.45) is 2.90. The van der Waals surface area contributed by atoms with E-state index in [0.717, 1.165) is 12.8 Å². The second-order valence-electron chi connectivity index (χ2n) is 2.50. The molecule has 1 N–H and O–H groups in total. The molecule has 3 heteroatoms. The van der Waals surface area contributed by atoms with Gasteiger partial charge in [-0.1, -0.05) is 0 Å². The van der Waals surface area contributed by atoms with Gasteiger partial charge in [-0.2, -0.15) is 5.26 Å². The van der Waals surface area contributed by atoms with E-state index in [0.29, 0.717) is 18.9 Å². The van der Waals surface area contributed by atoms with Gasteiger partial charge in [-0.3, -0.25) is 4.79 Å². The molecule has 0 radical (unpaired) electrons. The molecule has 0 unspecified atom stereocenters. The van der Waals surface area contributed by atoms with Crippen LogP contribution in [-0.2, 0) is 4.79 Å². The average molecular weight is 138 g/mol. The Balaban J connectivity index is 2.03. The lowest BCUT2D eigenvalue weighted by Gasteiger charge is -1.97. The molecule has 1 rings (SSSR count). The van der Waals surface area contributed by atoms with Crippen molar-refractivity contribution >= 4 is 5.91 Å². The van der Waals surface area contributed by atoms with Crippen LogP contribution in [0.3, 0.4) is 0 Å². The van der Waals surface area contributed by atoms with E-state index < -0.39 is 0 Å². The van der Waals surface area contributed by atoms with Crippen LogP contribution in [0.5, 0.6) is 0 Å². The molecule has 1 amide bonds. The molecule has 1 aliphatic rings. The summed E-state index contributed by atoms with van der Waals surface area (Å²) in [6.45, 7) is 0. The number of carbonyl (C=O) groups excluding carboxylic acids is 1. The van der Waals surface area contributed by atoms with Crippen molar-refractivity contribution in [1.29, 1.82) is 5.26 Å². The zero-order valence-electron chi connectivity index (χ0n) is 5.76. The zero-order valence-corrected chi connectivity index (χ0v) is 5.76. The lowest BCUT2D eigenvalue weighted by molar-refractivity contribution is -0.121. The molecule has 0 bridgehead atoms. The lowest BCUT2D eigenvalue weighted by atomic mass is 10.3. The number of amides is 1. The van der Waals surface area contributed by atoms with Gasteiger partial charge in [-0.05, 0) is 12.8 Å². The molecule has 1 aliphatic carbocycles. The van der Waals surface area contributed by atoms with Gasteiger partial charge >= 0.3 is 0 Å². The van der Waals surface area contributed by atoms with Crippen LogP contribution in [0.4, 0.5) is 0 Å². The molecule has 0 aromatic carbocycles. The predicted molar refractivity (Wildman–Crippen MR) is 36.0 cm³/mol. The van der Waals surface area contributed by atoms with Gasteiger partial charge < -0.3 is 5.32 Å². The van der Waals surface area contributed by atoms with Crippen molar-refractivity contribution in [1.82, 2.24) is 5.32 Å². The molecule has 0 aromatic rings. The van der Waals surface area contributed by atoms with Crippen molar-refractivity contribution in [2.45, 2.75) is 31.7 Å². The third-order valence-electron chi connectivity index (χ3n) is 1.41. The molecule has 0 heterocycles. The summed E-state index contributed by atoms with van der Waals surface area (Å²) in [5, 5.41) is 10.9. The topological polar surface area (TPSA) is 52.9 Å². The maximum Gasteiger partial charge on any atom is 0.221 e. The highest BCUT2D eigenvalue weighted by atomic mass is 16.1. The summed E-state index contributed by atoms with van der Waals surface area (Å²) in [7, 11) is 0. The Kier molecular flexibility index (Phi) is 2.27. The maximum atomic E-state index is 10.8. The Labute approximate surface area is 60.0 Å². The molecule has 3 nitrogen and oxygen atoms in total. The number of hydrogen-bond acceptors (Lipinski definition) is 2. The SMILES string of the molecule is N#CCCC(=O)NC1CC1. The van der Waals surface area contributed by atoms with Gasteiger partial charge in [0.1, 0.15) is 0 Å². The molecule has 0 atom stereocenters. The van der Waals surface area contributed by atoms with Gasteiger partial charge in [-0.15, -0.1) is 0 Å². The summed E-state index contributed by atoms with van der Waals surface area (Å²) in [6, 6.07) is 2.35. The van der Waals surface area contributed by atoms with Crippen LogP contribution >= 0.6 is 0 Å². The highest BCUT2D eigenvalue weighted by molar-refractivity contribution is 5.76. The Morgan fingerprint density at radius 1 is 1.70 bits per heavy atom. The van der Waals surface area contributed by atoms with Gasteiger partial charge in [0, 0.05) is 18.9 Å². The molecule has 0 spiro atoms. The van der Waals surface area contributed by atoms with Crippen LogP contribution < -0.4 is 5.32 Å². The Bertz CT molecular complexity index is 167. The van der Waals surface area contributed by atoms with E-state index >= 15 is 0 Å². The second kappa shape index (κ2) is 3.21. The number of carbonyl (C=O) groups is 1. The molecule has 0 saturated heterocycles. The van der Waals surface area contributed by atoms with Crippen LogP contribution in [0.1, 0.15) is 25.7 Å². The summed E-state index contributed by atoms with van der Waals surface area (Å²) >= 11 is 0. The molecule has 10 heavy (non-hydrogen) atoms. The minimum atomic E-state index is 0.0176. The van der Waals surface area contributed by atoms with Crippen molar-refractivity contribution < 1.29 is 4.79 Å². The lowest BCUT2D eigenvalue weighted by Crippen LogP contribution is -2.24. The largest absolute Gasteiger partial charge is 0.353 e. The van der Waals surface area contributed by atoms with Crippen molar-refractivity contribution in [3.8, 4) is 6.07 Å². The van der Waals surface area contributed by atoms with Gasteiger partial charge in [0.15, 0.2) is 0 Å². The van der Waals surface area contributed by atoms with E-state index in [-0.39, 0.29) is 5.91 Å². The van der Waals surface area contributed by atoms with Crippen LogP contribution in [0, 0.1) is 11.3 Å². The third kappa shape index (κ3) is 2.49. The van der Waals surface area contributed by atoms with Gasteiger partial charge in [0.05, 0.1) is 6.07 Å². The molecular formula is C7H10N2O. The van der Waals surface area contributed by atoms with E-state index in [4.69, 9.17) is 5.26 Å². The maximum absolute atomic E-state index is 10.8. The van der Waals surface area contributed by atoms with Crippen LogP contribution in [0.2, 0.25) is 0 Å². The second-order valence-corrected chi connectivity index (χ2v) is 2.50.